The molecule has 3 unspecified atom stereocenters. The minimum atomic E-state index is -0.969. The average Bonchev–Trinajstić information content (AvgIpc) is 3.40. The van der Waals surface area contributed by atoms with E-state index >= 15 is 0 Å². The number of carboxylic acid groups (broad SMARTS) is 1. The zero-order valence-electron chi connectivity index (χ0n) is 19.2. The Hall–Kier alpha value is -3.39. The van der Waals surface area contributed by atoms with E-state index in [1.807, 2.05) is 31.2 Å². The first-order chi connectivity index (χ1) is 16.4. The third-order valence-electron chi connectivity index (χ3n) is 6.53. The summed E-state index contributed by atoms with van der Waals surface area (Å²) in [4.78, 5) is 35.7. The SMILES string of the molecule is CC(CCNC(=O)OCC1c2ccccc2-c2ccccc21)CC(=O)NC1COCC1C(=O)O. The molecule has 0 radical (unpaired) electrons. The summed E-state index contributed by atoms with van der Waals surface area (Å²) in [6.45, 7) is 2.88. The van der Waals surface area contributed by atoms with Gasteiger partial charge in [0.25, 0.3) is 0 Å². The number of rotatable bonds is 9. The normalized spacial score (nSPS) is 19.7. The van der Waals surface area contributed by atoms with Crippen LogP contribution < -0.4 is 10.6 Å². The van der Waals surface area contributed by atoms with E-state index in [1.165, 1.54) is 11.1 Å². The van der Waals surface area contributed by atoms with Crippen molar-refractivity contribution in [2.45, 2.75) is 31.7 Å². The summed E-state index contributed by atoms with van der Waals surface area (Å²) < 4.78 is 10.7. The molecule has 2 aromatic carbocycles. The molecule has 1 heterocycles. The Bertz CT molecular complexity index is 1010. The van der Waals surface area contributed by atoms with Crippen molar-refractivity contribution in [3.63, 3.8) is 0 Å². The van der Waals surface area contributed by atoms with E-state index in [4.69, 9.17) is 9.47 Å². The molecule has 1 saturated heterocycles. The second-order valence-electron chi connectivity index (χ2n) is 9.01. The van der Waals surface area contributed by atoms with E-state index in [1.54, 1.807) is 0 Å². The largest absolute Gasteiger partial charge is 0.481 e. The van der Waals surface area contributed by atoms with E-state index in [-0.39, 0.29) is 44.0 Å². The molecule has 34 heavy (non-hydrogen) atoms. The monoisotopic (exact) mass is 466 g/mol. The summed E-state index contributed by atoms with van der Waals surface area (Å²) >= 11 is 0. The Labute approximate surface area is 198 Å². The molecular formula is C26H30N2O6. The summed E-state index contributed by atoms with van der Waals surface area (Å²) in [6.07, 6.45) is 0.363. The van der Waals surface area contributed by atoms with Crippen LogP contribution in [0.4, 0.5) is 4.79 Å². The molecule has 0 saturated carbocycles. The number of amides is 2. The molecule has 3 atom stereocenters. The number of carbonyl (C=O) groups is 3. The van der Waals surface area contributed by atoms with Crippen LogP contribution in [0, 0.1) is 11.8 Å². The quantitative estimate of drug-likeness (QED) is 0.523. The number of alkyl carbamates (subject to hydrolysis) is 1. The lowest BCUT2D eigenvalue weighted by atomic mass is 9.98. The van der Waals surface area contributed by atoms with E-state index in [2.05, 4.69) is 34.9 Å². The number of aliphatic carboxylic acids is 1. The molecule has 3 N–H and O–H groups in total. The average molecular weight is 467 g/mol. The standard InChI is InChI=1S/C26H30N2O6/c1-16(12-24(29)28-23-15-33-13-22(23)25(30)31)10-11-27-26(32)34-14-21-19-8-4-2-6-17(19)18-7-3-5-9-20(18)21/h2-9,16,21-23H,10-15H2,1H3,(H,27,32)(H,28,29)(H,30,31). The van der Waals surface area contributed by atoms with Crippen molar-refractivity contribution in [1.29, 1.82) is 0 Å². The van der Waals surface area contributed by atoms with Gasteiger partial charge in [0.05, 0.1) is 19.3 Å². The summed E-state index contributed by atoms with van der Waals surface area (Å²) in [5.74, 6) is -1.87. The third-order valence-corrected chi connectivity index (χ3v) is 6.53. The molecule has 2 aliphatic rings. The molecule has 1 fully saturated rings. The van der Waals surface area contributed by atoms with Gasteiger partial charge in [-0.25, -0.2) is 4.79 Å². The Morgan fingerprint density at radius 1 is 1.06 bits per heavy atom. The number of hydrogen-bond donors (Lipinski definition) is 3. The van der Waals surface area contributed by atoms with Gasteiger partial charge in [-0.05, 0) is 34.6 Å². The molecular weight excluding hydrogens is 436 g/mol. The van der Waals surface area contributed by atoms with Gasteiger partial charge in [0.15, 0.2) is 0 Å². The lowest BCUT2D eigenvalue weighted by Gasteiger charge is -2.18. The van der Waals surface area contributed by atoms with Gasteiger partial charge in [0, 0.05) is 18.9 Å². The highest BCUT2D eigenvalue weighted by atomic mass is 16.5. The van der Waals surface area contributed by atoms with E-state index in [9.17, 15) is 19.5 Å². The molecule has 180 valence electrons. The van der Waals surface area contributed by atoms with E-state index < -0.39 is 24.0 Å². The highest BCUT2D eigenvalue weighted by Crippen LogP contribution is 2.44. The molecule has 4 rings (SSSR count). The van der Waals surface area contributed by atoms with Crippen LogP contribution in [0.2, 0.25) is 0 Å². The van der Waals surface area contributed by atoms with Gasteiger partial charge in [-0.2, -0.15) is 0 Å². The minimum absolute atomic E-state index is 0.00923. The maximum atomic E-state index is 12.3. The lowest BCUT2D eigenvalue weighted by Crippen LogP contribution is -2.43. The van der Waals surface area contributed by atoms with Crippen LogP contribution in [0.15, 0.2) is 48.5 Å². The summed E-state index contributed by atoms with van der Waals surface area (Å²) in [5, 5.41) is 14.7. The predicted octanol–water partition coefficient (Wildman–Crippen LogP) is 3.16. The maximum Gasteiger partial charge on any atom is 0.407 e. The fourth-order valence-electron chi connectivity index (χ4n) is 4.69. The van der Waals surface area contributed by atoms with Gasteiger partial charge in [-0.1, -0.05) is 55.5 Å². The van der Waals surface area contributed by atoms with E-state index in [0.717, 1.165) is 11.1 Å². The minimum Gasteiger partial charge on any atom is -0.481 e. The second kappa shape index (κ2) is 10.7. The van der Waals surface area contributed by atoms with Crippen LogP contribution >= 0.6 is 0 Å². The van der Waals surface area contributed by atoms with Gasteiger partial charge >= 0.3 is 12.1 Å². The maximum absolute atomic E-state index is 12.3. The number of nitrogens with one attached hydrogen (secondary N) is 2. The highest BCUT2D eigenvalue weighted by molar-refractivity contribution is 5.79. The number of carbonyl (C=O) groups excluding carboxylic acids is 2. The molecule has 0 spiro atoms. The molecule has 1 aliphatic carbocycles. The first kappa shape index (κ1) is 23.8. The molecule has 0 aromatic heterocycles. The third kappa shape index (κ3) is 5.39. The number of carboxylic acids is 1. The van der Waals surface area contributed by atoms with Crippen LogP contribution in [-0.2, 0) is 19.1 Å². The predicted molar refractivity (Wildman–Crippen MR) is 125 cm³/mol. The number of ether oxygens (including phenoxy) is 2. The number of hydrogen-bond acceptors (Lipinski definition) is 5. The van der Waals surface area contributed by atoms with Crippen LogP contribution in [0.5, 0.6) is 0 Å². The van der Waals surface area contributed by atoms with Crippen molar-refractivity contribution in [1.82, 2.24) is 10.6 Å². The van der Waals surface area contributed by atoms with Gasteiger partial charge < -0.3 is 25.2 Å². The van der Waals surface area contributed by atoms with Crippen LogP contribution in [0.1, 0.15) is 36.8 Å². The zero-order chi connectivity index (χ0) is 24.1. The molecule has 8 nitrogen and oxygen atoms in total. The summed E-state index contributed by atoms with van der Waals surface area (Å²) in [6, 6.07) is 15.8. The Morgan fingerprint density at radius 3 is 2.35 bits per heavy atom. The van der Waals surface area contributed by atoms with Gasteiger partial charge in [-0.15, -0.1) is 0 Å². The fraction of sp³-hybridized carbons (Fsp3) is 0.423. The molecule has 2 aromatic rings. The smallest absolute Gasteiger partial charge is 0.407 e. The van der Waals surface area contributed by atoms with Crippen molar-refractivity contribution in [2.24, 2.45) is 11.8 Å². The lowest BCUT2D eigenvalue weighted by molar-refractivity contribution is -0.142. The Kier molecular flexibility index (Phi) is 7.47. The van der Waals surface area contributed by atoms with Crippen molar-refractivity contribution >= 4 is 18.0 Å². The first-order valence-electron chi connectivity index (χ1n) is 11.6. The topological polar surface area (TPSA) is 114 Å². The Balaban J connectivity index is 1.19. The van der Waals surface area contributed by atoms with Crippen molar-refractivity contribution in [2.75, 3.05) is 26.4 Å². The van der Waals surface area contributed by atoms with Gasteiger partial charge in [0.2, 0.25) is 5.91 Å². The fourth-order valence-corrected chi connectivity index (χ4v) is 4.69. The van der Waals surface area contributed by atoms with Crippen LogP contribution in [-0.4, -0.2) is 55.5 Å². The van der Waals surface area contributed by atoms with Crippen molar-refractivity contribution in [3.05, 3.63) is 59.7 Å². The number of fused-ring (bicyclic) bond motifs is 3. The molecule has 8 heteroatoms. The number of benzene rings is 2. The van der Waals surface area contributed by atoms with Gasteiger partial charge in [-0.3, -0.25) is 9.59 Å². The summed E-state index contributed by atoms with van der Waals surface area (Å²) in [5.41, 5.74) is 4.68. The first-order valence-corrected chi connectivity index (χ1v) is 11.6. The van der Waals surface area contributed by atoms with Gasteiger partial charge in [0.1, 0.15) is 12.5 Å². The summed E-state index contributed by atoms with van der Waals surface area (Å²) in [7, 11) is 0. The van der Waals surface area contributed by atoms with Crippen molar-refractivity contribution in [3.8, 4) is 11.1 Å². The Morgan fingerprint density at radius 2 is 1.71 bits per heavy atom. The molecule has 2 amide bonds. The highest BCUT2D eigenvalue weighted by Gasteiger charge is 2.35. The van der Waals surface area contributed by atoms with Crippen molar-refractivity contribution < 1.29 is 29.0 Å². The zero-order valence-corrected chi connectivity index (χ0v) is 19.2. The van der Waals surface area contributed by atoms with E-state index in [0.29, 0.717) is 13.0 Å². The second-order valence-corrected chi connectivity index (χ2v) is 9.01. The molecule has 1 aliphatic heterocycles. The molecule has 0 bridgehead atoms. The van der Waals surface area contributed by atoms with Crippen LogP contribution in [0.3, 0.4) is 0 Å². The van der Waals surface area contributed by atoms with Crippen LogP contribution in [0.25, 0.3) is 11.1 Å².